The van der Waals surface area contributed by atoms with E-state index in [1.165, 1.54) is 0 Å². The maximum Gasteiger partial charge on any atom is 0.229 e. The van der Waals surface area contributed by atoms with Gasteiger partial charge in [0, 0.05) is 37.3 Å². The predicted molar refractivity (Wildman–Crippen MR) is 77.8 cm³/mol. The van der Waals surface area contributed by atoms with Crippen LogP contribution in [0.15, 0.2) is 24.3 Å². The number of hydrogen-bond donors (Lipinski definition) is 2. The van der Waals surface area contributed by atoms with Gasteiger partial charge in [-0.2, -0.15) is 0 Å². The van der Waals surface area contributed by atoms with Crippen LogP contribution in [-0.4, -0.2) is 30.8 Å². The molecule has 6 heteroatoms. The molecule has 21 heavy (non-hydrogen) atoms. The lowest BCUT2D eigenvalue weighted by atomic mass is 10.1. The first kappa shape index (κ1) is 13.6. The molecule has 2 N–H and O–H groups in total. The van der Waals surface area contributed by atoms with E-state index in [-0.39, 0.29) is 30.1 Å². The number of carbonyl (C=O) groups is 3. The van der Waals surface area contributed by atoms with Crippen LogP contribution in [0, 0.1) is 5.92 Å². The van der Waals surface area contributed by atoms with Crippen molar-refractivity contribution in [3.63, 3.8) is 0 Å². The minimum absolute atomic E-state index is 0.0851. The molecule has 0 spiro atoms. The molecule has 2 aliphatic heterocycles. The Morgan fingerprint density at radius 2 is 2.00 bits per heavy atom. The summed E-state index contributed by atoms with van der Waals surface area (Å²) in [4.78, 5) is 36.5. The lowest BCUT2D eigenvalue weighted by Crippen LogP contribution is -2.25. The van der Waals surface area contributed by atoms with Crippen molar-refractivity contribution in [2.45, 2.75) is 19.3 Å². The molecule has 1 aromatic rings. The normalized spacial score (nSPS) is 21.5. The molecule has 6 nitrogen and oxygen atoms in total. The monoisotopic (exact) mass is 287 g/mol. The van der Waals surface area contributed by atoms with Crippen molar-refractivity contribution < 1.29 is 14.4 Å². The highest BCUT2D eigenvalue weighted by Crippen LogP contribution is 2.23. The zero-order chi connectivity index (χ0) is 14.8. The summed E-state index contributed by atoms with van der Waals surface area (Å²) < 4.78 is 0. The number of carbonyl (C=O) groups excluding carboxylic acids is 3. The Labute approximate surface area is 122 Å². The van der Waals surface area contributed by atoms with Gasteiger partial charge in [-0.1, -0.05) is 0 Å². The van der Waals surface area contributed by atoms with Gasteiger partial charge in [-0.25, -0.2) is 0 Å². The second kappa shape index (κ2) is 5.55. The zero-order valence-corrected chi connectivity index (χ0v) is 11.6. The number of benzene rings is 1. The van der Waals surface area contributed by atoms with Crippen LogP contribution in [0.1, 0.15) is 19.3 Å². The Kier molecular flexibility index (Phi) is 3.60. The minimum Gasteiger partial charge on any atom is -0.355 e. The van der Waals surface area contributed by atoms with E-state index in [9.17, 15) is 14.4 Å². The summed E-state index contributed by atoms with van der Waals surface area (Å²) in [6, 6.07) is 7.22. The highest BCUT2D eigenvalue weighted by atomic mass is 16.2. The summed E-state index contributed by atoms with van der Waals surface area (Å²) in [5, 5.41) is 5.44. The molecule has 2 heterocycles. The Balaban J connectivity index is 1.63. The van der Waals surface area contributed by atoms with Crippen LogP contribution in [0.25, 0.3) is 0 Å². The molecule has 1 atom stereocenters. The second-order valence-electron chi connectivity index (χ2n) is 5.39. The number of amides is 3. The molecular weight excluding hydrogens is 270 g/mol. The summed E-state index contributed by atoms with van der Waals surface area (Å²) in [6.45, 7) is 1.14. The van der Waals surface area contributed by atoms with Gasteiger partial charge in [0.05, 0.1) is 5.92 Å². The maximum atomic E-state index is 12.0. The summed E-state index contributed by atoms with van der Waals surface area (Å²) >= 11 is 0. The molecule has 0 bridgehead atoms. The molecule has 1 unspecified atom stereocenters. The van der Waals surface area contributed by atoms with E-state index in [0.29, 0.717) is 18.7 Å². The SMILES string of the molecule is O=C1CC(C(=O)Nc2ccc(N3CCCC3=O)cc2)CN1. The first-order chi connectivity index (χ1) is 10.1. The highest BCUT2D eigenvalue weighted by Gasteiger charge is 2.28. The molecule has 3 amide bonds. The lowest BCUT2D eigenvalue weighted by molar-refractivity contribution is -0.123. The molecule has 2 fully saturated rings. The predicted octanol–water partition coefficient (Wildman–Crippen LogP) is 0.888. The average molecular weight is 287 g/mol. The van der Waals surface area contributed by atoms with Gasteiger partial charge in [-0.3, -0.25) is 14.4 Å². The summed E-state index contributed by atoms with van der Waals surface area (Å²) in [5.74, 6) is -0.406. The molecule has 110 valence electrons. The summed E-state index contributed by atoms with van der Waals surface area (Å²) in [7, 11) is 0. The minimum atomic E-state index is -0.308. The maximum absolute atomic E-state index is 12.0. The zero-order valence-electron chi connectivity index (χ0n) is 11.6. The van der Waals surface area contributed by atoms with Gasteiger partial charge in [-0.15, -0.1) is 0 Å². The van der Waals surface area contributed by atoms with Gasteiger partial charge in [0.2, 0.25) is 17.7 Å². The van der Waals surface area contributed by atoms with E-state index in [4.69, 9.17) is 0 Å². The van der Waals surface area contributed by atoms with Crippen LogP contribution >= 0.6 is 0 Å². The van der Waals surface area contributed by atoms with Crippen molar-refractivity contribution in [3.8, 4) is 0 Å². The van der Waals surface area contributed by atoms with Gasteiger partial charge >= 0.3 is 0 Å². The van der Waals surface area contributed by atoms with Crippen molar-refractivity contribution in [1.82, 2.24) is 5.32 Å². The largest absolute Gasteiger partial charge is 0.355 e. The van der Waals surface area contributed by atoms with E-state index < -0.39 is 0 Å². The van der Waals surface area contributed by atoms with Crippen LogP contribution in [0.5, 0.6) is 0 Å². The molecule has 0 saturated carbocycles. The fourth-order valence-electron chi connectivity index (χ4n) is 2.68. The quantitative estimate of drug-likeness (QED) is 0.866. The Morgan fingerprint density at radius 3 is 2.57 bits per heavy atom. The molecule has 1 aromatic carbocycles. The van der Waals surface area contributed by atoms with Crippen LogP contribution in [-0.2, 0) is 14.4 Å². The van der Waals surface area contributed by atoms with Crippen molar-refractivity contribution in [3.05, 3.63) is 24.3 Å². The van der Waals surface area contributed by atoms with E-state index >= 15 is 0 Å². The summed E-state index contributed by atoms with van der Waals surface area (Å²) in [5.41, 5.74) is 1.53. The Bertz CT molecular complexity index is 582. The van der Waals surface area contributed by atoms with Gasteiger partial charge in [0.1, 0.15) is 0 Å². The molecule has 0 radical (unpaired) electrons. The fourth-order valence-corrected chi connectivity index (χ4v) is 2.68. The number of anilines is 2. The van der Waals surface area contributed by atoms with Crippen LogP contribution in [0.4, 0.5) is 11.4 Å². The van der Waals surface area contributed by atoms with E-state index in [1.54, 1.807) is 17.0 Å². The van der Waals surface area contributed by atoms with Crippen LogP contribution in [0.2, 0.25) is 0 Å². The number of hydrogen-bond acceptors (Lipinski definition) is 3. The third-order valence-corrected chi connectivity index (χ3v) is 3.87. The average Bonchev–Trinajstić information content (AvgIpc) is 3.08. The van der Waals surface area contributed by atoms with Gasteiger partial charge in [-0.05, 0) is 30.7 Å². The van der Waals surface area contributed by atoms with Crippen molar-refractivity contribution in [2.75, 3.05) is 23.3 Å². The molecule has 0 aromatic heterocycles. The van der Waals surface area contributed by atoms with E-state index in [1.807, 2.05) is 12.1 Å². The van der Waals surface area contributed by atoms with Crippen molar-refractivity contribution in [1.29, 1.82) is 0 Å². The van der Waals surface area contributed by atoms with E-state index in [2.05, 4.69) is 10.6 Å². The van der Waals surface area contributed by atoms with Crippen LogP contribution in [0.3, 0.4) is 0 Å². The number of rotatable bonds is 3. The van der Waals surface area contributed by atoms with Crippen LogP contribution < -0.4 is 15.5 Å². The highest BCUT2D eigenvalue weighted by molar-refractivity contribution is 5.98. The van der Waals surface area contributed by atoms with Gasteiger partial charge in [0.25, 0.3) is 0 Å². The number of nitrogens with one attached hydrogen (secondary N) is 2. The first-order valence-electron chi connectivity index (χ1n) is 7.11. The fraction of sp³-hybridized carbons (Fsp3) is 0.400. The standard InChI is InChI=1S/C15H17N3O3/c19-13-8-10(9-16-13)15(21)17-11-3-5-12(6-4-11)18-7-1-2-14(18)20/h3-6,10H,1-2,7-9H2,(H,16,19)(H,17,21). The molecule has 2 saturated heterocycles. The topological polar surface area (TPSA) is 78.5 Å². The molecule has 2 aliphatic rings. The Morgan fingerprint density at radius 1 is 1.24 bits per heavy atom. The van der Waals surface area contributed by atoms with Gasteiger partial charge < -0.3 is 15.5 Å². The lowest BCUT2D eigenvalue weighted by Gasteiger charge is -2.16. The third kappa shape index (κ3) is 2.89. The first-order valence-corrected chi connectivity index (χ1v) is 7.11. The van der Waals surface area contributed by atoms with E-state index in [0.717, 1.165) is 18.7 Å². The molecular formula is C15H17N3O3. The van der Waals surface area contributed by atoms with Crippen molar-refractivity contribution in [2.24, 2.45) is 5.92 Å². The smallest absolute Gasteiger partial charge is 0.229 e. The van der Waals surface area contributed by atoms with Crippen molar-refractivity contribution >= 4 is 29.1 Å². The summed E-state index contributed by atoms with van der Waals surface area (Å²) in [6.07, 6.45) is 1.73. The third-order valence-electron chi connectivity index (χ3n) is 3.87. The second-order valence-corrected chi connectivity index (χ2v) is 5.39. The number of nitrogens with zero attached hydrogens (tertiary/aromatic N) is 1. The molecule has 3 rings (SSSR count). The Hall–Kier alpha value is -2.37. The van der Waals surface area contributed by atoms with Gasteiger partial charge in [0.15, 0.2) is 0 Å². The molecule has 0 aliphatic carbocycles.